The van der Waals surface area contributed by atoms with Crippen LogP contribution in [0.2, 0.25) is 0 Å². The Kier molecular flexibility index (Phi) is 6.21. The van der Waals surface area contributed by atoms with Crippen molar-refractivity contribution in [3.8, 4) is 0 Å². The number of halogens is 1. The van der Waals surface area contributed by atoms with Crippen LogP contribution in [-0.2, 0) is 19.6 Å². The Hall–Kier alpha value is -0.670. The molecular weight excluding hydrogens is 381 g/mol. The Morgan fingerprint density at radius 1 is 1.32 bits per heavy atom. The predicted octanol–water partition coefficient (Wildman–Crippen LogP) is 1.91. The van der Waals surface area contributed by atoms with Crippen LogP contribution in [-0.4, -0.2) is 27.0 Å². The molecule has 1 aromatic rings. The Morgan fingerprint density at radius 3 is 2.37 bits per heavy atom. The second kappa shape index (κ2) is 7.20. The first-order valence-corrected chi connectivity index (χ1v) is 8.41. The zero-order chi connectivity index (χ0) is 14.5. The van der Waals surface area contributed by atoms with Crippen molar-refractivity contribution in [2.45, 2.75) is 31.2 Å². The highest BCUT2D eigenvalue weighted by Gasteiger charge is 2.25. The van der Waals surface area contributed by atoms with Gasteiger partial charge in [-0.05, 0) is 60.2 Å². The Bertz CT molecular complexity index is 527. The molecule has 106 valence electrons. The first-order chi connectivity index (χ1) is 8.90. The normalized spacial score (nSPS) is 13.0. The van der Waals surface area contributed by atoms with Gasteiger partial charge in [-0.3, -0.25) is 4.79 Å². The molecule has 0 fully saturated rings. The molecule has 1 rings (SSSR count). The summed E-state index contributed by atoms with van der Waals surface area (Å²) < 4.78 is 32.3. The van der Waals surface area contributed by atoms with Gasteiger partial charge in [-0.15, -0.1) is 0 Å². The molecule has 7 heteroatoms. The van der Waals surface area contributed by atoms with Crippen LogP contribution in [0.4, 0.5) is 0 Å². The number of sulfonamides is 1. The number of hydrogen-bond donors (Lipinski definition) is 1. The van der Waals surface area contributed by atoms with Gasteiger partial charge < -0.3 is 4.74 Å². The number of benzene rings is 1. The third kappa shape index (κ3) is 4.73. The number of ether oxygens (including phenoxy) is 1. The van der Waals surface area contributed by atoms with Gasteiger partial charge in [-0.2, -0.15) is 4.72 Å². The fourth-order valence-corrected chi connectivity index (χ4v) is 3.04. The van der Waals surface area contributed by atoms with Crippen molar-refractivity contribution in [3.05, 3.63) is 27.8 Å². The molecule has 5 nitrogen and oxygen atoms in total. The van der Waals surface area contributed by atoms with Gasteiger partial charge in [0, 0.05) is 3.57 Å². The number of esters is 1. The minimum atomic E-state index is -3.71. The van der Waals surface area contributed by atoms with E-state index in [9.17, 15) is 13.2 Å². The van der Waals surface area contributed by atoms with Crippen molar-refractivity contribution in [1.29, 1.82) is 0 Å². The summed E-state index contributed by atoms with van der Waals surface area (Å²) in [7, 11) is -3.71. The Labute approximate surface area is 126 Å². The second-order valence-electron chi connectivity index (χ2n) is 3.79. The van der Waals surface area contributed by atoms with E-state index < -0.39 is 22.0 Å². The number of carbonyl (C=O) groups excluding carboxylic acids is 1. The summed E-state index contributed by atoms with van der Waals surface area (Å²) >= 11 is 2.09. The maximum atomic E-state index is 12.1. The lowest BCUT2D eigenvalue weighted by atomic mass is 10.2. The molecule has 1 atom stereocenters. The van der Waals surface area contributed by atoms with Gasteiger partial charge in [0.2, 0.25) is 10.0 Å². The summed E-state index contributed by atoms with van der Waals surface area (Å²) in [6.45, 7) is 3.62. The van der Waals surface area contributed by atoms with E-state index in [1.165, 1.54) is 12.1 Å². The van der Waals surface area contributed by atoms with Gasteiger partial charge in [0.05, 0.1) is 11.5 Å². The average Bonchev–Trinajstić information content (AvgIpc) is 2.36. The van der Waals surface area contributed by atoms with Crippen molar-refractivity contribution in [3.63, 3.8) is 0 Å². The molecule has 0 aromatic heterocycles. The van der Waals surface area contributed by atoms with Crippen molar-refractivity contribution in [1.82, 2.24) is 4.72 Å². The lowest BCUT2D eigenvalue weighted by Gasteiger charge is -2.15. The first kappa shape index (κ1) is 16.4. The molecule has 0 spiro atoms. The second-order valence-corrected chi connectivity index (χ2v) is 6.75. The molecule has 1 unspecified atom stereocenters. The van der Waals surface area contributed by atoms with Crippen LogP contribution >= 0.6 is 22.6 Å². The highest BCUT2D eigenvalue weighted by atomic mass is 127. The topological polar surface area (TPSA) is 72.5 Å². The summed E-state index contributed by atoms with van der Waals surface area (Å²) in [6, 6.07) is 5.54. The van der Waals surface area contributed by atoms with Crippen LogP contribution in [0.5, 0.6) is 0 Å². The molecule has 1 N–H and O–H groups in total. The van der Waals surface area contributed by atoms with Gasteiger partial charge in [0.25, 0.3) is 0 Å². The highest BCUT2D eigenvalue weighted by Crippen LogP contribution is 2.13. The summed E-state index contributed by atoms with van der Waals surface area (Å²) in [5, 5.41) is 0. The molecule has 0 amide bonds. The fourth-order valence-electron chi connectivity index (χ4n) is 1.41. The van der Waals surface area contributed by atoms with E-state index in [0.717, 1.165) is 3.57 Å². The lowest BCUT2D eigenvalue weighted by molar-refractivity contribution is -0.145. The zero-order valence-corrected chi connectivity index (χ0v) is 13.7. The van der Waals surface area contributed by atoms with E-state index in [4.69, 9.17) is 4.74 Å². The van der Waals surface area contributed by atoms with Gasteiger partial charge in [0.1, 0.15) is 6.04 Å². The maximum Gasteiger partial charge on any atom is 0.324 e. The van der Waals surface area contributed by atoms with Crippen molar-refractivity contribution >= 4 is 38.6 Å². The minimum absolute atomic E-state index is 0.135. The molecule has 0 aliphatic rings. The number of nitrogens with one attached hydrogen (secondary N) is 1. The lowest BCUT2D eigenvalue weighted by Crippen LogP contribution is -2.41. The van der Waals surface area contributed by atoms with Crippen LogP contribution in [0, 0.1) is 3.57 Å². The average molecular weight is 397 g/mol. The summed E-state index contributed by atoms with van der Waals surface area (Å²) in [4.78, 5) is 11.7. The van der Waals surface area contributed by atoms with Crippen LogP contribution in [0.25, 0.3) is 0 Å². The largest absolute Gasteiger partial charge is 0.465 e. The standard InChI is InChI=1S/C12H16INO4S/c1-3-11(12(15)18-4-2)14-19(16,17)10-7-5-9(13)6-8-10/h5-8,11,14H,3-4H2,1-2H3. The van der Waals surface area contributed by atoms with Gasteiger partial charge in [0.15, 0.2) is 0 Å². The molecular formula is C12H16INO4S. The zero-order valence-electron chi connectivity index (χ0n) is 10.7. The van der Waals surface area contributed by atoms with Crippen molar-refractivity contribution < 1.29 is 17.9 Å². The summed E-state index contributed by atoms with van der Waals surface area (Å²) in [6.07, 6.45) is 0.336. The number of carbonyl (C=O) groups is 1. The molecule has 0 saturated heterocycles. The van der Waals surface area contributed by atoms with Crippen molar-refractivity contribution in [2.24, 2.45) is 0 Å². The monoisotopic (exact) mass is 397 g/mol. The first-order valence-electron chi connectivity index (χ1n) is 5.85. The molecule has 0 bridgehead atoms. The molecule has 0 aliphatic heterocycles. The van der Waals surface area contributed by atoms with Crippen molar-refractivity contribution in [2.75, 3.05) is 6.61 Å². The van der Waals surface area contributed by atoms with Crippen LogP contribution < -0.4 is 4.72 Å². The third-order valence-electron chi connectivity index (χ3n) is 2.40. The smallest absolute Gasteiger partial charge is 0.324 e. The van der Waals surface area contributed by atoms with Crippen LogP contribution in [0.15, 0.2) is 29.2 Å². The van der Waals surface area contributed by atoms with Gasteiger partial charge in [-0.1, -0.05) is 6.92 Å². The van der Waals surface area contributed by atoms with E-state index in [1.54, 1.807) is 26.0 Å². The fraction of sp³-hybridized carbons (Fsp3) is 0.417. The van der Waals surface area contributed by atoms with Gasteiger partial charge in [-0.25, -0.2) is 8.42 Å². The van der Waals surface area contributed by atoms with E-state index in [0.29, 0.717) is 6.42 Å². The Morgan fingerprint density at radius 2 is 1.89 bits per heavy atom. The number of hydrogen-bond acceptors (Lipinski definition) is 4. The molecule has 19 heavy (non-hydrogen) atoms. The van der Waals surface area contributed by atoms with E-state index >= 15 is 0 Å². The van der Waals surface area contributed by atoms with E-state index in [1.807, 2.05) is 0 Å². The molecule has 0 saturated carbocycles. The maximum absolute atomic E-state index is 12.1. The number of rotatable bonds is 6. The van der Waals surface area contributed by atoms with E-state index in [-0.39, 0.29) is 11.5 Å². The third-order valence-corrected chi connectivity index (χ3v) is 4.61. The molecule has 0 heterocycles. The van der Waals surface area contributed by atoms with Crippen LogP contribution in [0.1, 0.15) is 20.3 Å². The molecule has 0 aliphatic carbocycles. The van der Waals surface area contributed by atoms with Gasteiger partial charge >= 0.3 is 5.97 Å². The predicted molar refractivity (Wildman–Crippen MR) is 80.2 cm³/mol. The highest BCUT2D eigenvalue weighted by molar-refractivity contribution is 14.1. The Balaban J connectivity index is 2.89. The SMILES string of the molecule is CCOC(=O)C(CC)NS(=O)(=O)c1ccc(I)cc1. The molecule has 0 radical (unpaired) electrons. The quantitative estimate of drug-likeness (QED) is 0.588. The van der Waals surface area contributed by atoms with Crippen LogP contribution in [0.3, 0.4) is 0 Å². The molecule has 1 aromatic carbocycles. The summed E-state index contributed by atoms with van der Waals surface area (Å²) in [5.74, 6) is -0.556. The summed E-state index contributed by atoms with van der Waals surface area (Å²) in [5.41, 5.74) is 0. The minimum Gasteiger partial charge on any atom is -0.465 e. The van der Waals surface area contributed by atoms with E-state index in [2.05, 4.69) is 27.3 Å².